The largest absolute Gasteiger partial charge is 0.311 e. The predicted octanol–water partition coefficient (Wildman–Crippen LogP) is 2.95. The molecule has 2 aliphatic heterocycles. The second-order valence-corrected chi connectivity index (χ2v) is 7.44. The molecule has 0 bridgehead atoms. The Morgan fingerprint density at radius 1 is 1.38 bits per heavy atom. The number of hydrogen-bond donors (Lipinski definition) is 0. The van der Waals surface area contributed by atoms with Crippen LogP contribution < -0.4 is 0 Å². The van der Waals surface area contributed by atoms with Gasteiger partial charge in [-0.15, -0.1) is 0 Å². The molecule has 5 heteroatoms. The number of likely N-dealkylation sites (tertiary alicyclic amines) is 1. The fraction of sp³-hybridized carbons (Fsp3) is 0.625. The molecule has 0 aromatic carbocycles. The Balaban J connectivity index is 1.76. The summed E-state index contributed by atoms with van der Waals surface area (Å²) in [6.07, 6.45) is 5.72. The van der Waals surface area contributed by atoms with Crippen LogP contribution >= 0.6 is 11.8 Å². The molecule has 0 spiro atoms. The van der Waals surface area contributed by atoms with E-state index in [9.17, 15) is 0 Å². The third kappa shape index (κ3) is 2.46. The van der Waals surface area contributed by atoms with Gasteiger partial charge < -0.3 is 4.57 Å². The highest BCUT2D eigenvalue weighted by Crippen LogP contribution is 2.33. The van der Waals surface area contributed by atoms with Crippen molar-refractivity contribution >= 4 is 22.9 Å². The number of thioether (sulfide) groups is 1. The van der Waals surface area contributed by atoms with Gasteiger partial charge in [0.05, 0.1) is 6.04 Å². The topological polar surface area (TPSA) is 34.0 Å². The lowest BCUT2D eigenvalue weighted by molar-refractivity contribution is 0.295. The zero-order valence-electron chi connectivity index (χ0n) is 12.5. The molecule has 4 nitrogen and oxygen atoms in total. The van der Waals surface area contributed by atoms with Crippen molar-refractivity contribution in [2.45, 2.75) is 31.8 Å². The summed E-state index contributed by atoms with van der Waals surface area (Å²) in [5.74, 6) is 4.61. The van der Waals surface area contributed by atoms with E-state index < -0.39 is 0 Å². The van der Waals surface area contributed by atoms with Crippen LogP contribution in [0.1, 0.15) is 31.1 Å². The van der Waals surface area contributed by atoms with Crippen molar-refractivity contribution in [3.63, 3.8) is 0 Å². The van der Waals surface area contributed by atoms with E-state index in [1.165, 1.54) is 43.1 Å². The number of aromatic nitrogens is 3. The SMILES string of the molecule is CN1CCCC1c1nc2cccnc2n1CC1CCSC1. The van der Waals surface area contributed by atoms with E-state index in [1.54, 1.807) is 0 Å². The molecule has 0 saturated carbocycles. The summed E-state index contributed by atoms with van der Waals surface area (Å²) in [6.45, 7) is 2.26. The van der Waals surface area contributed by atoms with Crippen LogP contribution in [0.2, 0.25) is 0 Å². The predicted molar refractivity (Wildman–Crippen MR) is 87.6 cm³/mol. The van der Waals surface area contributed by atoms with Gasteiger partial charge in [-0.05, 0) is 62.4 Å². The van der Waals surface area contributed by atoms with Gasteiger partial charge in [0.15, 0.2) is 5.65 Å². The van der Waals surface area contributed by atoms with Crippen LogP contribution in [0.5, 0.6) is 0 Å². The Bertz CT molecular complexity index is 632. The minimum atomic E-state index is 0.466. The monoisotopic (exact) mass is 302 g/mol. The number of pyridine rings is 1. The molecule has 0 amide bonds. The van der Waals surface area contributed by atoms with E-state index >= 15 is 0 Å². The first-order valence-corrected chi connectivity index (χ1v) is 9.07. The molecule has 21 heavy (non-hydrogen) atoms. The Hall–Kier alpha value is -1.07. The molecule has 2 aliphatic rings. The smallest absolute Gasteiger partial charge is 0.160 e. The maximum absolute atomic E-state index is 4.94. The molecule has 0 radical (unpaired) electrons. The molecule has 2 unspecified atom stereocenters. The first kappa shape index (κ1) is 13.6. The third-order valence-corrected chi connectivity index (χ3v) is 6.05. The van der Waals surface area contributed by atoms with Gasteiger partial charge in [0.2, 0.25) is 0 Å². The van der Waals surface area contributed by atoms with Gasteiger partial charge in [0.25, 0.3) is 0 Å². The van der Waals surface area contributed by atoms with Crippen LogP contribution in [0.4, 0.5) is 0 Å². The molecular weight excluding hydrogens is 280 g/mol. The average Bonchev–Trinajstić information content (AvgIpc) is 3.20. The molecule has 112 valence electrons. The van der Waals surface area contributed by atoms with Crippen LogP contribution in [-0.4, -0.2) is 44.5 Å². The number of imidazole rings is 1. The van der Waals surface area contributed by atoms with E-state index in [-0.39, 0.29) is 0 Å². The number of rotatable bonds is 3. The second kappa shape index (κ2) is 5.61. The number of nitrogens with zero attached hydrogens (tertiary/aromatic N) is 4. The van der Waals surface area contributed by atoms with E-state index in [4.69, 9.17) is 4.98 Å². The highest BCUT2D eigenvalue weighted by Gasteiger charge is 2.29. The van der Waals surface area contributed by atoms with Crippen LogP contribution in [0.15, 0.2) is 18.3 Å². The van der Waals surface area contributed by atoms with E-state index in [0.717, 1.165) is 23.6 Å². The third-order valence-electron chi connectivity index (χ3n) is 4.82. The average molecular weight is 302 g/mol. The summed E-state index contributed by atoms with van der Waals surface area (Å²) < 4.78 is 2.42. The van der Waals surface area contributed by atoms with Crippen molar-refractivity contribution in [1.82, 2.24) is 19.4 Å². The first-order chi connectivity index (χ1) is 10.3. The zero-order valence-corrected chi connectivity index (χ0v) is 13.4. The fourth-order valence-electron chi connectivity index (χ4n) is 3.63. The summed E-state index contributed by atoms with van der Waals surface area (Å²) >= 11 is 2.08. The van der Waals surface area contributed by atoms with Crippen molar-refractivity contribution in [1.29, 1.82) is 0 Å². The number of fused-ring (bicyclic) bond motifs is 1. The van der Waals surface area contributed by atoms with Crippen molar-refractivity contribution in [3.05, 3.63) is 24.2 Å². The first-order valence-electron chi connectivity index (χ1n) is 7.92. The normalized spacial score (nSPS) is 26.9. The lowest BCUT2D eigenvalue weighted by Gasteiger charge is -2.21. The van der Waals surface area contributed by atoms with Crippen molar-refractivity contribution in [2.75, 3.05) is 25.1 Å². The summed E-state index contributed by atoms with van der Waals surface area (Å²) in [5.41, 5.74) is 2.13. The van der Waals surface area contributed by atoms with Crippen LogP contribution in [-0.2, 0) is 6.54 Å². The van der Waals surface area contributed by atoms with E-state index in [2.05, 4.69) is 39.3 Å². The Labute approximate surface area is 129 Å². The van der Waals surface area contributed by atoms with Gasteiger partial charge in [-0.25, -0.2) is 9.97 Å². The summed E-state index contributed by atoms with van der Waals surface area (Å²) in [6, 6.07) is 4.56. The van der Waals surface area contributed by atoms with E-state index in [1.807, 2.05) is 12.3 Å². The zero-order chi connectivity index (χ0) is 14.2. The molecule has 2 aromatic heterocycles. The maximum Gasteiger partial charge on any atom is 0.160 e. The highest BCUT2D eigenvalue weighted by atomic mass is 32.2. The molecular formula is C16H22N4S. The fourth-order valence-corrected chi connectivity index (χ4v) is 4.90. The van der Waals surface area contributed by atoms with Crippen molar-refractivity contribution in [2.24, 2.45) is 5.92 Å². The molecule has 2 saturated heterocycles. The molecule has 2 aromatic rings. The molecule has 4 heterocycles. The van der Waals surface area contributed by atoms with Crippen LogP contribution in [0.25, 0.3) is 11.2 Å². The summed E-state index contributed by atoms with van der Waals surface area (Å²) in [4.78, 5) is 12.0. The van der Waals surface area contributed by atoms with Crippen molar-refractivity contribution in [3.8, 4) is 0 Å². The van der Waals surface area contributed by atoms with Crippen LogP contribution in [0, 0.1) is 5.92 Å². The van der Waals surface area contributed by atoms with Gasteiger partial charge in [0, 0.05) is 12.7 Å². The van der Waals surface area contributed by atoms with Crippen LogP contribution in [0.3, 0.4) is 0 Å². The lowest BCUT2D eigenvalue weighted by Crippen LogP contribution is -2.23. The van der Waals surface area contributed by atoms with Gasteiger partial charge in [-0.2, -0.15) is 11.8 Å². The molecule has 4 rings (SSSR count). The van der Waals surface area contributed by atoms with Gasteiger partial charge in [0.1, 0.15) is 11.3 Å². The standard InChI is InChI=1S/C16H22N4S/c1-19-8-3-5-14(19)16-18-13-4-2-7-17-15(13)20(16)10-12-6-9-21-11-12/h2,4,7,12,14H,3,5-6,8-11H2,1H3. The van der Waals surface area contributed by atoms with E-state index in [0.29, 0.717) is 6.04 Å². The molecule has 2 fully saturated rings. The quantitative estimate of drug-likeness (QED) is 0.873. The molecule has 0 aliphatic carbocycles. The maximum atomic E-state index is 4.94. The Kier molecular flexibility index (Phi) is 3.63. The Morgan fingerprint density at radius 3 is 3.10 bits per heavy atom. The number of hydrogen-bond acceptors (Lipinski definition) is 4. The van der Waals surface area contributed by atoms with Gasteiger partial charge in [-0.3, -0.25) is 4.90 Å². The highest BCUT2D eigenvalue weighted by molar-refractivity contribution is 7.99. The van der Waals surface area contributed by atoms with Gasteiger partial charge >= 0.3 is 0 Å². The van der Waals surface area contributed by atoms with Gasteiger partial charge in [-0.1, -0.05) is 0 Å². The summed E-state index contributed by atoms with van der Waals surface area (Å²) in [7, 11) is 2.22. The summed E-state index contributed by atoms with van der Waals surface area (Å²) in [5, 5.41) is 0. The molecule has 2 atom stereocenters. The Morgan fingerprint density at radius 2 is 2.33 bits per heavy atom. The molecule has 0 N–H and O–H groups in total. The second-order valence-electron chi connectivity index (χ2n) is 6.29. The lowest BCUT2D eigenvalue weighted by atomic mass is 10.1. The minimum Gasteiger partial charge on any atom is -0.311 e. The van der Waals surface area contributed by atoms with Crippen molar-refractivity contribution < 1.29 is 0 Å². The minimum absolute atomic E-state index is 0.466.